The number of methoxy groups -OCH3 is 1. The second-order valence-corrected chi connectivity index (χ2v) is 18.1. The fraction of sp³-hybridized carbons (Fsp3) is 0.878. The van der Waals surface area contributed by atoms with Gasteiger partial charge in [-0.15, -0.1) is 0 Å². The molecule has 10 fully saturated rings. The maximum absolute atomic E-state index is 14.1. The average Bonchev–Trinajstić information content (AvgIpc) is 3.76. The third-order valence-electron chi connectivity index (χ3n) is 14.3. The maximum atomic E-state index is 14.1. The Morgan fingerprint density at radius 1 is 0.830 bits per heavy atom. The van der Waals surface area contributed by atoms with Crippen molar-refractivity contribution < 1.29 is 57.6 Å². The maximum Gasteiger partial charge on any atom is 0.172 e. The monoisotopic (exact) mass is 744 g/mol. The first-order chi connectivity index (χ1) is 25.4. The molecule has 0 radical (unpaired) electrons. The molecule has 0 amide bonds. The molecule has 53 heavy (non-hydrogen) atoms. The Bertz CT molecular complexity index is 1420. The quantitative estimate of drug-likeness (QED) is 0.404. The number of aliphatic hydroxyl groups excluding tert-OH is 2. The van der Waals surface area contributed by atoms with Crippen molar-refractivity contribution in [3.63, 3.8) is 0 Å². The zero-order valence-corrected chi connectivity index (χ0v) is 31.6. The number of rotatable bonds is 4. The summed E-state index contributed by atoms with van der Waals surface area (Å²) in [5, 5.41) is 20.1. The van der Waals surface area contributed by atoms with E-state index in [2.05, 4.69) is 27.0 Å². The molecule has 12 bridgehead atoms. The Labute approximate surface area is 313 Å². The number of carbonyl (C=O) groups is 1. The molecular weight excluding hydrogens is 684 g/mol. The largest absolute Gasteiger partial charge is 0.394 e. The number of ether oxygens (including phenoxy) is 9. The second kappa shape index (κ2) is 14.3. The molecule has 19 atom stereocenters. The van der Waals surface area contributed by atoms with E-state index in [1.54, 1.807) is 7.11 Å². The summed E-state index contributed by atoms with van der Waals surface area (Å²) in [5.41, 5.74) is 1.66. The van der Waals surface area contributed by atoms with Crippen molar-refractivity contribution in [1.29, 1.82) is 0 Å². The first kappa shape index (κ1) is 37.3. The van der Waals surface area contributed by atoms with E-state index < -0.39 is 29.7 Å². The van der Waals surface area contributed by atoms with Gasteiger partial charge < -0.3 is 52.8 Å². The van der Waals surface area contributed by atoms with Crippen molar-refractivity contribution in [2.24, 2.45) is 11.8 Å². The molecule has 0 aromatic heterocycles. The first-order valence-corrected chi connectivity index (χ1v) is 20.4. The van der Waals surface area contributed by atoms with Crippen molar-refractivity contribution in [2.75, 3.05) is 13.7 Å². The zero-order valence-electron chi connectivity index (χ0n) is 31.6. The van der Waals surface area contributed by atoms with Crippen LogP contribution < -0.4 is 0 Å². The molecule has 1 spiro atoms. The molecular formula is C41H60O12. The third-order valence-corrected chi connectivity index (χ3v) is 14.3. The Morgan fingerprint density at radius 2 is 1.60 bits per heavy atom. The van der Waals surface area contributed by atoms with Crippen molar-refractivity contribution in [3.05, 3.63) is 24.3 Å². The number of carbonyl (C=O) groups excluding carboxylic acids is 1. The van der Waals surface area contributed by atoms with Gasteiger partial charge in [0.2, 0.25) is 0 Å². The van der Waals surface area contributed by atoms with Crippen LogP contribution in [-0.2, 0) is 47.4 Å². The lowest BCUT2D eigenvalue weighted by atomic mass is 9.81. The van der Waals surface area contributed by atoms with Gasteiger partial charge in [0.25, 0.3) is 0 Å². The summed E-state index contributed by atoms with van der Waals surface area (Å²) in [6.45, 7) is 12.9. The molecule has 296 valence electrons. The summed E-state index contributed by atoms with van der Waals surface area (Å²) in [7, 11) is 1.63. The number of hydrogen-bond acceptors (Lipinski definition) is 12. The minimum atomic E-state index is -0.953. The lowest BCUT2D eigenvalue weighted by Crippen LogP contribution is -2.61. The van der Waals surface area contributed by atoms with Crippen LogP contribution in [0, 0.1) is 11.8 Å². The van der Waals surface area contributed by atoms with Crippen molar-refractivity contribution in [1.82, 2.24) is 0 Å². The highest BCUT2D eigenvalue weighted by Gasteiger charge is 2.73. The molecule has 0 saturated carbocycles. The van der Waals surface area contributed by atoms with Gasteiger partial charge in [-0.25, -0.2) is 0 Å². The van der Waals surface area contributed by atoms with E-state index in [1.165, 1.54) is 0 Å². The molecule has 6 unspecified atom stereocenters. The van der Waals surface area contributed by atoms with Gasteiger partial charge in [0.15, 0.2) is 5.79 Å². The highest BCUT2D eigenvalue weighted by molar-refractivity contribution is 5.79. The number of fused-ring (bicyclic) bond motifs is 6. The lowest BCUT2D eigenvalue weighted by Gasteiger charge is -2.47. The van der Waals surface area contributed by atoms with Crippen LogP contribution in [0.25, 0.3) is 0 Å². The van der Waals surface area contributed by atoms with E-state index in [9.17, 15) is 15.0 Å². The number of ketones is 1. The van der Waals surface area contributed by atoms with Crippen molar-refractivity contribution in [2.45, 2.75) is 200 Å². The first-order valence-electron chi connectivity index (χ1n) is 20.4. The van der Waals surface area contributed by atoms with E-state index >= 15 is 0 Å². The minimum absolute atomic E-state index is 0.0247. The highest BCUT2D eigenvalue weighted by Crippen LogP contribution is 2.58. The summed E-state index contributed by atoms with van der Waals surface area (Å²) in [6, 6.07) is 0. The van der Waals surface area contributed by atoms with Gasteiger partial charge in [-0.05, 0) is 68.9 Å². The normalized spacial score (nSPS) is 53.0. The zero-order chi connectivity index (χ0) is 36.8. The van der Waals surface area contributed by atoms with Crippen LogP contribution in [0.1, 0.15) is 97.3 Å². The molecule has 0 aromatic rings. The van der Waals surface area contributed by atoms with Crippen LogP contribution in [0.15, 0.2) is 24.3 Å². The molecule has 10 heterocycles. The predicted octanol–water partition coefficient (Wildman–Crippen LogP) is 3.86. The summed E-state index contributed by atoms with van der Waals surface area (Å²) in [6.07, 6.45) is 3.77. The molecule has 0 aliphatic carbocycles. The minimum Gasteiger partial charge on any atom is -0.394 e. The van der Waals surface area contributed by atoms with Gasteiger partial charge in [-0.2, -0.15) is 0 Å². The van der Waals surface area contributed by atoms with Crippen LogP contribution in [-0.4, -0.2) is 133 Å². The topological polar surface area (TPSA) is 141 Å². The van der Waals surface area contributed by atoms with E-state index in [0.29, 0.717) is 25.7 Å². The van der Waals surface area contributed by atoms with E-state index in [4.69, 9.17) is 42.6 Å². The summed E-state index contributed by atoms with van der Waals surface area (Å²) in [5.74, 6) is -0.756. The number of Topliss-reactive ketones (excluding diaryl/α,β-unsaturated/α-hetero) is 1. The highest BCUT2D eigenvalue weighted by atomic mass is 16.8. The lowest BCUT2D eigenvalue weighted by molar-refractivity contribution is -0.294. The molecule has 12 nitrogen and oxygen atoms in total. The van der Waals surface area contributed by atoms with Gasteiger partial charge in [-0.1, -0.05) is 20.1 Å². The fourth-order valence-electron chi connectivity index (χ4n) is 11.7. The molecule has 10 aliphatic rings. The third kappa shape index (κ3) is 6.73. The van der Waals surface area contributed by atoms with Gasteiger partial charge in [0.1, 0.15) is 41.9 Å². The number of aliphatic hydroxyl groups is 2. The van der Waals surface area contributed by atoms with Crippen molar-refractivity contribution in [3.8, 4) is 0 Å². The van der Waals surface area contributed by atoms with Crippen LogP contribution in [0.3, 0.4) is 0 Å². The summed E-state index contributed by atoms with van der Waals surface area (Å²) in [4.78, 5) is 14.1. The van der Waals surface area contributed by atoms with Gasteiger partial charge in [-0.3, -0.25) is 4.79 Å². The molecule has 10 rings (SSSR count). The molecule has 12 heteroatoms. The Hall–Kier alpha value is -1.29. The molecule has 10 aliphatic heterocycles. The summed E-state index contributed by atoms with van der Waals surface area (Å²) < 4.78 is 60.3. The average molecular weight is 745 g/mol. The molecule has 0 aromatic carbocycles. The SMILES string of the molecule is C=C1C[C@@H]2CC[C@@]34C[C@@]5(C)O[C@H]6[C@@H](O3)C3O[C@H](CCC3O[C@H]6C5O4)CC(=O)CC3[C@H](CC4O[C@@H](CCC1O2)C[C@@H](C)C4=C)O[C@H](C[C@H](O)CO)[C@@H]3OC. The Kier molecular flexibility index (Phi) is 10.0. The van der Waals surface area contributed by atoms with E-state index in [-0.39, 0.29) is 117 Å². The van der Waals surface area contributed by atoms with Crippen LogP contribution >= 0.6 is 0 Å². The Morgan fingerprint density at radius 3 is 2.42 bits per heavy atom. The van der Waals surface area contributed by atoms with Crippen molar-refractivity contribution >= 4 is 5.78 Å². The fourth-order valence-corrected chi connectivity index (χ4v) is 11.7. The van der Waals surface area contributed by atoms with Crippen LogP contribution in [0.5, 0.6) is 0 Å². The molecule has 2 N–H and O–H groups in total. The smallest absolute Gasteiger partial charge is 0.172 e. The molecule has 10 saturated heterocycles. The van der Waals surface area contributed by atoms with Gasteiger partial charge >= 0.3 is 0 Å². The number of hydrogen-bond donors (Lipinski definition) is 2. The van der Waals surface area contributed by atoms with Gasteiger partial charge in [0.05, 0.1) is 67.6 Å². The summed E-state index contributed by atoms with van der Waals surface area (Å²) >= 11 is 0. The predicted molar refractivity (Wildman–Crippen MR) is 189 cm³/mol. The Balaban J connectivity index is 1.00. The van der Waals surface area contributed by atoms with Crippen LogP contribution in [0.4, 0.5) is 0 Å². The second-order valence-electron chi connectivity index (χ2n) is 18.1. The van der Waals surface area contributed by atoms with Gasteiger partial charge in [0, 0.05) is 51.6 Å². The standard InChI is InChI=1S/C41H60O12/c1-20-12-25-6-8-29-21(2)13-27(46-29)10-11-41-19-40(4)39(53-41)38-37(51-40)36(52-41)35-30(50-38)9-7-26(48-35)14-23(43)15-28-32(17-31(47-25)22(20)3)49-33(34(28)45-5)16-24(44)18-42/h20,24-39,42,44H,2-3,6-19H2,1,4-5H3/t20-,24+,25+,26-,27+,28?,29?,30?,31?,32+,33-,34-,35?,36+,37+,38-,39?,40-,41-/m1/s1. The van der Waals surface area contributed by atoms with E-state index in [1.807, 2.05) is 0 Å². The van der Waals surface area contributed by atoms with Crippen LogP contribution in [0.2, 0.25) is 0 Å². The van der Waals surface area contributed by atoms with E-state index in [0.717, 1.165) is 49.7 Å².